The Bertz CT molecular complexity index is 1520. The molecule has 0 bridgehead atoms. The van der Waals surface area contributed by atoms with Gasteiger partial charge in [0, 0.05) is 31.7 Å². The summed E-state index contributed by atoms with van der Waals surface area (Å²) < 4.78 is 19.1. The summed E-state index contributed by atoms with van der Waals surface area (Å²) in [7, 11) is 0. The first-order chi connectivity index (χ1) is 19.1. The lowest BCUT2D eigenvalue weighted by Gasteiger charge is -2.44. The largest absolute Gasteiger partial charge is 0.378 e. The minimum absolute atomic E-state index is 0.253. The number of nitriles is 1. The highest BCUT2D eigenvalue weighted by Gasteiger charge is 2.30. The minimum Gasteiger partial charge on any atom is -0.378 e. The second kappa shape index (κ2) is 10.8. The Balaban J connectivity index is 1.34. The maximum absolute atomic E-state index is 13.6. The maximum Gasteiger partial charge on any atom is 0.230 e. The van der Waals surface area contributed by atoms with E-state index in [0.29, 0.717) is 23.4 Å². The molecule has 3 heterocycles. The van der Waals surface area contributed by atoms with Gasteiger partial charge in [0.1, 0.15) is 12.1 Å². The van der Waals surface area contributed by atoms with Crippen LogP contribution in [0.5, 0.6) is 0 Å². The van der Waals surface area contributed by atoms with Gasteiger partial charge >= 0.3 is 0 Å². The van der Waals surface area contributed by atoms with Crippen LogP contribution < -0.4 is 10.2 Å². The van der Waals surface area contributed by atoms with E-state index in [-0.39, 0.29) is 5.82 Å². The van der Waals surface area contributed by atoms with E-state index in [9.17, 15) is 9.65 Å². The standard InChI is InChI=1S/C30H28FN7O/c1-20-26(22-5-7-24(31)8-6-22)9-10-27(28(20)38-13-11-37(12-14-38)25-17-39-18-25)35-30-34-19-33-29(36-30)23-4-2-3-21(15-23)16-32/h2-10,15,19,25H,11-14,17-18H2,1H3,(H,33,34,35,36). The normalized spacial score (nSPS) is 16.0. The third kappa shape index (κ3) is 5.17. The smallest absolute Gasteiger partial charge is 0.230 e. The van der Waals surface area contributed by atoms with Gasteiger partial charge in [-0.3, -0.25) is 4.90 Å². The number of piperazine rings is 1. The van der Waals surface area contributed by atoms with Crippen LogP contribution in [-0.4, -0.2) is 65.3 Å². The molecule has 196 valence electrons. The lowest BCUT2D eigenvalue weighted by Crippen LogP contribution is -2.56. The van der Waals surface area contributed by atoms with Gasteiger partial charge in [-0.05, 0) is 53.9 Å². The fraction of sp³-hybridized carbons (Fsp3) is 0.267. The SMILES string of the molecule is Cc1c(-c2ccc(F)cc2)ccc(Nc2ncnc(-c3cccc(C#N)c3)n2)c1N1CCN(C2COC2)CC1. The molecule has 0 saturated carbocycles. The van der Waals surface area contributed by atoms with Gasteiger partial charge in [0.2, 0.25) is 5.95 Å². The van der Waals surface area contributed by atoms with Gasteiger partial charge in [0.25, 0.3) is 0 Å². The Hall–Kier alpha value is -4.39. The molecule has 2 fully saturated rings. The Morgan fingerprint density at radius 3 is 2.49 bits per heavy atom. The molecule has 0 radical (unpaired) electrons. The van der Waals surface area contributed by atoms with E-state index >= 15 is 0 Å². The number of ether oxygens (including phenoxy) is 1. The molecule has 0 aliphatic carbocycles. The van der Waals surface area contributed by atoms with Crippen LogP contribution in [0.1, 0.15) is 11.1 Å². The van der Waals surface area contributed by atoms with E-state index in [0.717, 1.165) is 73.0 Å². The second-order valence-electron chi connectivity index (χ2n) is 9.81. The first-order valence-electron chi connectivity index (χ1n) is 13.0. The second-order valence-corrected chi connectivity index (χ2v) is 9.81. The fourth-order valence-corrected chi connectivity index (χ4v) is 5.24. The van der Waals surface area contributed by atoms with Gasteiger partial charge in [-0.1, -0.05) is 30.3 Å². The van der Waals surface area contributed by atoms with E-state index in [1.54, 1.807) is 12.1 Å². The first-order valence-corrected chi connectivity index (χ1v) is 13.0. The van der Waals surface area contributed by atoms with Crippen molar-refractivity contribution >= 4 is 17.3 Å². The van der Waals surface area contributed by atoms with Gasteiger partial charge in [0.05, 0.1) is 42.3 Å². The molecule has 1 N–H and O–H groups in total. The van der Waals surface area contributed by atoms with Crippen LogP contribution in [0.15, 0.2) is 67.0 Å². The zero-order chi connectivity index (χ0) is 26.8. The summed E-state index contributed by atoms with van der Waals surface area (Å²) in [5.74, 6) is 0.655. The van der Waals surface area contributed by atoms with Crippen LogP contribution in [0, 0.1) is 24.1 Å². The number of nitrogens with zero attached hydrogens (tertiary/aromatic N) is 6. The van der Waals surface area contributed by atoms with E-state index < -0.39 is 0 Å². The van der Waals surface area contributed by atoms with Gasteiger partial charge < -0.3 is 15.0 Å². The predicted octanol–water partition coefficient (Wildman–Crippen LogP) is 4.79. The molecule has 4 aromatic rings. The maximum atomic E-state index is 13.6. The molecule has 8 nitrogen and oxygen atoms in total. The lowest BCUT2D eigenvalue weighted by molar-refractivity contribution is -0.0660. The van der Waals surface area contributed by atoms with Crippen molar-refractivity contribution in [1.82, 2.24) is 19.9 Å². The highest BCUT2D eigenvalue weighted by atomic mass is 19.1. The van der Waals surface area contributed by atoms with E-state index in [2.05, 4.69) is 49.1 Å². The Morgan fingerprint density at radius 1 is 0.974 bits per heavy atom. The van der Waals surface area contributed by atoms with Gasteiger partial charge in [-0.25, -0.2) is 14.4 Å². The van der Waals surface area contributed by atoms with Crippen molar-refractivity contribution < 1.29 is 9.13 Å². The summed E-state index contributed by atoms with van der Waals surface area (Å²) in [6.07, 6.45) is 1.47. The quantitative estimate of drug-likeness (QED) is 0.387. The number of hydrogen-bond donors (Lipinski definition) is 1. The molecule has 0 atom stereocenters. The molecule has 2 aliphatic rings. The Kier molecular flexibility index (Phi) is 6.88. The van der Waals surface area contributed by atoms with Crippen LogP contribution in [0.2, 0.25) is 0 Å². The number of aromatic nitrogens is 3. The third-order valence-electron chi connectivity index (χ3n) is 7.42. The first kappa shape index (κ1) is 24.9. The average Bonchev–Trinajstić information content (AvgIpc) is 2.94. The molecule has 6 rings (SSSR count). The zero-order valence-corrected chi connectivity index (χ0v) is 21.6. The monoisotopic (exact) mass is 521 g/mol. The highest BCUT2D eigenvalue weighted by molar-refractivity contribution is 5.85. The molecule has 1 aromatic heterocycles. The van der Waals surface area contributed by atoms with Gasteiger partial charge in [-0.2, -0.15) is 10.2 Å². The molecular weight excluding hydrogens is 493 g/mol. The van der Waals surface area contributed by atoms with Gasteiger partial charge in [0.15, 0.2) is 5.82 Å². The molecule has 39 heavy (non-hydrogen) atoms. The number of benzene rings is 3. The van der Waals surface area contributed by atoms with Crippen LogP contribution in [-0.2, 0) is 4.74 Å². The number of hydrogen-bond acceptors (Lipinski definition) is 8. The van der Waals surface area contributed by atoms with E-state index in [1.807, 2.05) is 30.3 Å². The molecule has 0 spiro atoms. The molecule has 0 unspecified atom stereocenters. The summed E-state index contributed by atoms with van der Waals surface area (Å²) in [6.45, 7) is 7.40. The van der Waals surface area contributed by atoms with Crippen molar-refractivity contribution in [2.24, 2.45) is 0 Å². The molecule has 0 amide bonds. The van der Waals surface area contributed by atoms with Crippen LogP contribution in [0.25, 0.3) is 22.5 Å². The van der Waals surface area contributed by atoms with Crippen molar-refractivity contribution in [2.75, 3.05) is 49.6 Å². The number of halogens is 1. The van der Waals surface area contributed by atoms with Crippen molar-refractivity contribution in [3.8, 4) is 28.6 Å². The summed E-state index contributed by atoms with van der Waals surface area (Å²) in [6, 6.07) is 20.6. The minimum atomic E-state index is -0.253. The van der Waals surface area contributed by atoms with Crippen molar-refractivity contribution in [2.45, 2.75) is 13.0 Å². The highest BCUT2D eigenvalue weighted by Crippen LogP contribution is 2.39. The fourth-order valence-electron chi connectivity index (χ4n) is 5.24. The summed E-state index contributed by atoms with van der Waals surface area (Å²) in [4.78, 5) is 18.3. The zero-order valence-electron chi connectivity index (χ0n) is 21.6. The van der Waals surface area contributed by atoms with Crippen LogP contribution >= 0.6 is 0 Å². The number of rotatable bonds is 6. The molecule has 9 heteroatoms. The van der Waals surface area contributed by atoms with E-state index in [4.69, 9.17) is 4.74 Å². The third-order valence-corrected chi connectivity index (χ3v) is 7.42. The Labute approximate surface area is 226 Å². The van der Waals surface area contributed by atoms with Crippen molar-refractivity contribution in [1.29, 1.82) is 5.26 Å². The average molecular weight is 522 g/mol. The lowest BCUT2D eigenvalue weighted by atomic mass is 9.97. The number of anilines is 3. The Morgan fingerprint density at radius 2 is 1.77 bits per heavy atom. The number of nitrogens with one attached hydrogen (secondary N) is 1. The van der Waals surface area contributed by atoms with Crippen molar-refractivity contribution in [3.63, 3.8) is 0 Å². The summed E-state index contributed by atoms with van der Waals surface area (Å²) >= 11 is 0. The molecular formula is C30H28FN7O. The predicted molar refractivity (Wildman–Crippen MR) is 148 cm³/mol. The van der Waals surface area contributed by atoms with Crippen LogP contribution in [0.4, 0.5) is 21.7 Å². The van der Waals surface area contributed by atoms with Crippen molar-refractivity contribution in [3.05, 3.63) is 83.9 Å². The van der Waals surface area contributed by atoms with Gasteiger partial charge in [-0.15, -0.1) is 0 Å². The molecule has 3 aromatic carbocycles. The molecule has 2 aliphatic heterocycles. The van der Waals surface area contributed by atoms with E-state index in [1.165, 1.54) is 18.5 Å². The van der Waals surface area contributed by atoms with Crippen LogP contribution in [0.3, 0.4) is 0 Å². The topological polar surface area (TPSA) is 90.2 Å². The summed E-state index contributed by atoms with van der Waals surface area (Å²) in [5.41, 5.74) is 6.38. The summed E-state index contributed by atoms with van der Waals surface area (Å²) in [5, 5.41) is 12.7. The molecule has 2 saturated heterocycles.